The molecule has 4 nitrogen and oxygen atoms in total. The molecule has 0 aromatic carbocycles. The fraction of sp³-hybridized carbons (Fsp3) is 1.00. The molecule has 0 radical (unpaired) electrons. The molecule has 0 saturated carbocycles. The lowest BCUT2D eigenvalue weighted by Crippen LogP contribution is -2.28. The molecule has 0 aliphatic carbocycles. The van der Waals surface area contributed by atoms with E-state index in [1.165, 1.54) is 0 Å². The highest BCUT2D eigenvalue weighted by atomic mass is 35.5. The first-order valence-electron chi connectivity index (χ1n) is 4.84. The molecule has 8 heteroatoms. The summed E-state index contributed by atoms with van der Waals surface area (Å²) in [5.74, 6) is 0.899. The molecule has 0 bridgehead atoms. The van der Waals surface area contributed by atoms with Gasteiger partial charge in [0.15, 0.2) is 0 Å². The highest BCUT2D eigenvalue weighted by molar-refractivity contribution is 7.46. The third kappa shape index (κ3) is 9.06. The summed E-state index contributed by atoms with van der Waals surface area (Å²) >= 11 is 17.3. The van der Waals surface area contributed by atoms with Crippen LogP contribution in [0.4, 0.5) is 0 Å². The Labute approximate surface area is 110 Å². The summed E-state index contributed by atoms with van der Waals surface area (Å²) in [4.78, 5) is 16.4. The standard InChI is InChI=1S/C8H16Cl3O4P/c9-5-1-3-8(11,4-2-6-10)7-15-16(12,13)14/h1-7H2,(H2,12,13,14). The van der Waals surface area contributed by atoms with Gasteiger partial charge < -0.3 is 9.79 Å². The maximum absolute atomic E-state index is 10.6. The van der Waals surface area contributed by atoms with E-state index < -0.39 is 12.7 Å². The third-order valence-electron chi connectivity index (χ3n) is 2.01. The Morgan fingerprint density at radius 1 is 1.12 bits per heavy atom. The lowest BCUT2D eigenvalue weighted by molar-refractivity contribution is 0.169. The van der Waals surface area contributed by atoms with E-state index in [0.717, 1.165) is 0 Å². The van der Waals surface area contributed by atoms with Gasteiger partial charge in [-0.3, -0.25) is 4.52 Å². The Balaban J connectivity index is 4.22. The average molecular weight is 314 g/mol. The van der Waals surface area contributed by atoms with Gasteiger partial charge >= 0.3 is 7.82 Å². The van der Waals surface area contributed by atoms with Crippen LogP contribution in [-0.2, 0) is 9.09 Å². The molecular weight excluding hydrogens is 297 g/mol. The van der Waals surface area contributed by atoms with E-state index in [1.54, 1.807) is 0 Å². The number of rotatable bonds is 9. The molecule has 0 rings (SSSR count). The van der Waals surface area contributed by atoms with E-state index in [-0.39, 0.29) is 6.61 Å². The molecule has 0 aromatic heterocycles. The van der Waals surface area contributed by atoms with Crippen LogP contribution in [0.1, 0.15) is 25.7 Å². The zero-order valence-corrected chi connectivity index (χ0v) is 11.9. The van der Waals surface area contributed by atoms with Crippen molar-refractivity contribution < 1.29 is 18.9 Å². The lowest BCUT2D eigenvalue weighted by atomic mass is 9.98. The topological polar surface area (TPSA) is 66.8 Å². The molecule has 0 fully saturated rings. The van der Waals surface area contributed by atoms with Crippen LogP contribution in [0.25, 0.3) is 0 Å². The van der Waals surface area contributed by atoms with E-state index in [9.17, 15) is 4.57 Å². The number of halogens is 3. The van der Waals surface area contributed by atoms with Gasteiger partial charge in [-0.2, -0.15) is 0 Å². The fourth-order valence-electron chi connectivity index (χ4n) is 1.24. The van der Waals surface area contributed by atoms with Crippen molar-refractivity contribution in [3.8, 4) is 0 Å². The molecule has 2 N–H and O–H groups in total. The van der Waals surface area contributed by atoms with Crippen molar-refractivity contribution in [1.29, 1.82) is 0 Å². The van der Waals surface area contributed by atoms with Crippen molar-refractivity contribution >= 4 is 42.6 Å². The maximum atomic E-state index is 10.6. The molecule has 0 amide bonds. The average Bonchev–Trinajstić information content (AvgIpc) is 2.20. The van der Waals surface area contributed by atoms with E-state index in [2.05, 4.69) is 4.52 Å². The maximum Gasteiger partial charge on any atom is 0.469 e. The first-order chi connectivity index (χ1) is 7.33. The Kier molecular flexibility index (Phi) is 8.65. The van der Waals surface area contributed by atoms with Crippen LogP contribution in [0.2, 0.25) is 0 Å². The number of phosphoric acid groups is 1. The van der Waals surface area contributed by atoms with Gasteiger partial charge in [0.1, 0.15) is 0 Å². The van der Waals surface area contributed by atoms with Crippen molar-refractivity contribution in [2.75, 3.05) is 18.4 Å². The van der Waals surface area contributed by atoms with Crippen LogP contribution in [-0.4, -0.2) is 33.0 Å². The first-order valence-corrected chi connectivity index (χ1v) is 7.82. The van der Waals surface area contributed by atoms with Gasteiger partial charge in [-0.05, 0) is 25.7 Å². The minimum absolute atomic E-state index is 0.202. The van der Waals surface area contributed by atoms with Gasteiger partial charge in [0, 0.05) is 11.8 Å². The van der Waals surface area contributed by atoms with Crippen LogP contribution >= 0.6 is 42.6 Å². The van der Waals surface area contributed by atoms with Gasteiger partial charge in [0.05, 0.1) is 11.5 Å². The molecule has 0 aromatic rings. The second kappa shape index (κ2) is 8.15. The van der Waals surface area contributed by atoms with Crippen LogP contribution in [0, 0.1) is 0 Å². The molecule has 98 valence electrons. The zero-order chi connectivity index (χ0) is 12.7. The minimum Gasteiger partial charge on any atom is -0.303 e. The summed E-state index contributed by atoms with van der Waals surface area (Å²) in [6, 6.07) is 0. The number of phosphoric ester groups is 1. The Hall–Kier alpha value is 0.980. The van der Waals surface area contributed by atoms with Crippen molar-refractivity contribution in [2.45, 2.75) is 30.6 Å². The number of hydrogen-bond donors (Lipinski definition) is 2. The molecule has 0 unspecified atom stereocenters. The highest BCUT2D eigenvalue weighted by Crippen LogP contribution is 2.40. The monoisotopic (exact) mass is 312 g/mol. The summed E-state index contributed by atoms with van der Waals surface area (Å²) in [6.45, 7) is -0.202. The SMILES string of the molecule is O=P(O)(O)OCC(Cl)(CCCCl)CCCCl. The van der Waals surface area contributed by atoms with Crippen molar-refractivity contribution in [1.82, 2.24) is 0 Å². The van der Waals surface area contributed by atoms with E-state index in [1.807, 2.05) is 0 Å². The van der Waals surface area contributed by atoms with Gasteiger partial charge in [-0.15, -0.1) is 34.8 Å². The predicted molar refractivity (Wildman–Crippen MR) is 66.5 cm³/mol. The Morgan fingerprint density at radius 3 is 1.88 bits per heavy atom. The van der Waals surface area contributed by atoms with Gasteiger partial charge in [0.25, 0.3) is 0 Å². The lowest BCUT2D eigenvalue weighted by Gasteiger charge is -2.26. The zero-order valence-electron chi connectivity index (χ0n) is 8.74. The van der Waals surface area contributed by atoms with Gasteiger partial charge in [0.2, 0.25) is 0 Å². The van der Waals surface area contributed by atoms with Crippen molar-refractivity contribution in [3.63, 3.8) is 0 Å². The van der Waals surface area contributed by atoms with E-state index in [0.29, 0.717) is 37.4 Å². The Morgan fingerprint density at radius 2 is 1.56 bits per heavy atom. The molecular formula is C8H16Cl3O4P. The molecule has 0 heterocycles. The van der Waals surface area contributed by atoms with Crippen LogP contribution < -0.4 is 0 Å². The number of hydrogen-bond acceptors (Lipinski definition) is 2. The largest absolute Gasteiger partial charge is 0.469 e. The first kappa shape index (κ1) is 17.0. The smallest absolute Gasteiger partial charge is 0.303 e. The quantitative estimate of drug-likeness (QED) is 0.507. The van der Waals surface area contributed by atoms with Crippen molar-refractivity contribution in [2.24, 2.45) is 0 Å². The molecule has 0 atom stereocenters. The van der Waals surface area contributed by atoms with E-state index >= 15 is 0 Å². The normalized spacial score (nSPS) is 13.1. The molecule has 0 aliphatic rings. The van der Waals surface area contributed by atoms with Crippen LogP contribution in [0.15, 0.2) is 0 Å². The second-order valence-electron chi connectivity index (χ2n) is 3.50. The second-order valence-corrected chi connectivity index (χ2v) is 6.30. The van der Waals surface area contributed by atoms with Crippen LogP contribution in [0.5, 0.6) is 0 Å². The van der Waals surface area contributed by atoms with Crippen molar-refractivity contribution in [3.05, 3.63) is 0 Å². The summed E-state index contributed by atoms with van der Waals surface area (Å²) in [7, 11) is -4.48. The minimum atomic E-state index is -4.48. The highest BCUT2D eigenvalue weighted by Gasteiger charge is 2.30. The van der Waals surface area contributed by atoms with Gasteiger partial charge in [-0.1, -0.05) is 0 Å². The van der Waals surface area contributed by atoms with Crippen LogP contribution in [0.3, 0.4) is 0 Å². The summed E-state index contributed by atoms with van der Waals surface area (Å²) in [6.07, 6.45) is 2.40. The molecule has 16 heavy (non-hydrogen) atoms. The molecule has 0 spiro atoms. The third-order valence-corrected chi connectivity index (χ3v) is 3.50. The molecule has 0 saturated heterocycles. The predicted octanol–water partition coefficient (Wildman–Crippen LogP) is 3.11. The van der Waals surface area contributed by atoms with E-state index in [4.69, 9.17) is 44.6 Å². The van der Waals surface area contributed by atoms with Gasteiger partial charge in [-0.25, -0.2) is 4.57 Å². The number of alkyl halides is 3. The summed E-state index contributed by atoms with van der Waals surface area (Å²) < 4.78 is 15.0. The fourth-order valence-corrected chi connectivity index (χ4v) is 2.32. The Bertz CT molecular complexity index is 225. The summed E-state index contributed by atoms with van der Waals surface area (Å²) in [5.41, 5.74) is 0. The molecule has 0 aliphatic heterocycles. The summed E-state index contributed by atoms with van der Waals surface area (Å²) in [5, 5.41) is 0.